The molecular formula is C77H142N2O54P3+3. The van der Waals surface area contributed by atoms with Crippen LogP contribution in [0.2, 0.25) is 0 Å². The Morgan fingerprint density at radius 2 is 0.868 bits per heavy atom. The van der Waals surface area contributed by atoms with E-state index in [2.05, 4.69) is 19.2 Å². The van der Waals surface area contributed by atoms with Crippen molar-refractivity contribution >= 4 is 48.3 Å². The molecule has 0 aliphatic carbocycles. The lowest BCUT2D eigenvalue weighted by Crippen LogP contribution is -2.71. The Balaban J connectivity index is 1.36. The number of aliphatic hydroxyl groups excluding tert-OH is 22. The summed E-state index contributed by atoms with van der Waals surface area (Å²) in [6.07, 6.45) is -78.8. The Morgan fingerprint density at radius 1 is 0.412 bits per heavy atom. The van der Waals surface area contributed by atoms with E-state index in [-0.39, 0.29) is 12.8 Å². The first kappa shape index (κ1) is 120. The summed E-state index contributed by atoms with van der Waals surface area (Å²) in [5.74, 6) is -15.1. The van der Waals surface area contributed by atoms with Gasteiger partial charge >= 0.3 is 42.4 Å². The van der Waals surface area contributed by atoms with Crippen molar-refractivity contribution in [3.63, 3.8) is 0 Å². The third-order valence-corrected chi connectivity index (χ3v) is 25.8. The molecule has 0 radical (unpaired) electrons. The first-order valence-corrected chi connectivity index (χ1v) is 49.7. The average molecular weight is 2050 g/mol. The smallest absolute Gasteiger partial charge is 0.477 e. The lowest BCUT2D eigenvalue weighted by Gasteiger charge is -2.52. The van der Waals surface area contributed by atoms with E-state index in [9.17, 15) is 186 Å². The minimum Gasteiger partial charge on any atom is -0.477 e. The summed E-state index contributed by atoms with van der Waals surface area (Å²) in [7, 11) is -17.7. The Bertz CT molecular complexity index is 3490. The van der Waals surface area contributed by atoms with E-state index in [0.29, 0.717) is 25.7 Å². The van der Waals surface area contributed by atoms with Gasteiger partial charge in [-0.15, -0.1) is 13.6 Å². The van der Waals surface area contributed by atoms with Crippen molar-refractivity contribution in [3.05, 3.63) is 0 Å². The van der Waals surface area contributed by atoms with Gasteiger partial charge in [-0.1, -0.05) is 129 Å². The number of carbonyl (C=O) groups is 4. The average Bonchev–Trinajstić information content (AvgIpc) is 0.739. The number of ether oxygens (including phenoxy) is 14. The van der Waals surface area contributed by atoms with Gasteiger partial charge in [-0.3, -0.25) is 9.59 Å². The zero-order valence-corrected chi connectivity index (χ0v) is 77.3. The van der Waals surface area contributed by atoms with Crippen LogP contribution in [0.5, 0.6) is 0 Å². The topological polar surface area (TPSA) is 931 Å². The molecule has 0 aromatic carbocycles. The first-order valence-electron chi connectivity index (χ1n) is 45.0. The van der Waals surface area contributed by atoms with Crippen LogP contribution in [0, 0.1) is 0 Å². The minimum absolute atomic E-state index is 0.0151. The number of nitrogens with two attached hydrogens (primary N) is 1. The number of hydrogen-bond acceptors (Lipinski definition) is 53. The van der Waals surface area contributed by atoms with E-state index in [4.69, 9.17) is 85.6 Å². The second-order valence-electron chi connectivity index (χ2n) is 34.9. The van der Waals surface area contributed by atoms with Gasteiger partial charge in [0.25, 0.3) is 11.6 Å². The van der Waals surface area contributed by atoms with Gasteiger partial charge in [0.15, 0.2) is 55.9 Å². The molecule has 0 unspecified atom stereocenters. The number of carboxylic acid groups (broad SMARTS) is 2. The van der Waals surface area contributed by atoms with Gasteiger partial charge in [0, 0.05) is 12.8 Å². The lowest BCUT2D eigenvalue weighted by molar-refractivity contribution is -0.406. The van der Waals surface area contributed by atoms with Gasteiger partial charge < -0.3 is 200 Å². The molecule has 7 aliphatic rings. The van der Waals surface area contributed by atoms with Gasteiger partial charge in [-0.2, -0.15) is 44.0 Å². The summed E-state index contributed by atoms with van der Waals surface area (Å²) in [6.45, 7) is -5.94. The largest absolute Gasteiger partial charge is 0.567 e. The molecule has 796 valence electrons. The van der Waals surface area contributed by atoms with Crippen LogP contribution in [0.25, 0.3) is 0 Å². The molecule has 7 aliphatic heterocycles. The van der Waals surface area contributed by atoms with Crippen LogP contribution in [0.1, 0.15) is 168 Å². The van der Waals surface area contributed by atoms with Crippen molar-refractivity contribution in [1.29, 1.82) is 0 Å². The highest BCUT2D eigenvalue weighted by Gasteiger charge is 2.67. The van der Waals surface area contributed by atoms with E-state index in [1.807, 2.05) is 0 Å². The third-order valence-electron chi connectivity index (χ3n) is 24.2. The highest BCUT2D eigenvalue weighted by Crippen LogP contribution is 2.54. The summed E-state index contributed by atoms with van der Waals surface area (Å²) in [5.41, 5.74) is 5.86. The number of aliphatic hydroxyl groups is 22. The van der Waals surface area contributed by atoms with Crippen LogP contribution < -0.4 is 11.1 Å². The summed E-state index contributed by atoms with van der Waals surface area (Å²) in [6, 6.07) is -3.90. The number of carbonyl (C=O) groups excluding carboxylic acids is 2. The molecular weight excluding hydrogens is 1910 g/mol. The maximum atomic E-state index is 14.7. The summed E-state index contributed by atoms with van der Waals surface area (Å²) in [5, 5.41) is 270. The molecule has 0 saturated carbocycles. The standard InChI is InChI=1S/C77H139N2O54P3/c1-3-5-7-9-11-13-15-17-19-21-34(84)23-45(92)79-48-65(122-46(93)24-35(85)22-20-18-16-14-12-10-8-6-4-2)64(131-134(108,109)110)44(121-70(48)118-32-43-50(95)51(96)47(78)69(103)120-43)33-119-76(74(104)105)26-42(128-77(75(106)107)25-36(86)49(94)59(129-77)38(88)28-81)63(62(130-76)40(90)30-83)126-73-57(102)66(68(133-136(114,115)116)60(124-73)39(89)29-82)127-72-56(101)54(99)67(132-135(111,112)113)61(125-72)41(91)31-117-71-55(100)52(97)53(98)58(123-71)37(87)27-80/h34-44,47-73,80-91,94-103,108-116H,3-33,78H2,1-2H3/p+3/t34-,35-,36-,37+,38-,39+,40-,41+,42-,43-,44-,47-,48-,49-,50-,51-,52+,53+,54-,55+,56+,57+,58-,59-,60-,61-,62-,63-,64-,65-,66-,67+,68-,69+,70-,71+,72-,73-,76-,77-/m1/s1. The fourth-order valence-corrected chi connectivity index (χ4v) is 18.6. The number of amides is 1. The van der Waals surface area contributed by atoms with Crippen LogP contribution in [0.15, 0.2) is 0 Å². The third kappa shape index (κ3) is 34.2. The number of aliphatic carboxylic acids is 2. The Labute approximate surface area is 780 Å². The normalized spacial score (nSPS) is 37.7. The predicted molar refractivity (Wildman–Crippen MR) is 446 cm³/mol. The molecule has 40 atom stereocenters. The summed E-state index contributed by atoms with van der Waals surface area (Å²) in [4.78, 5) is 153. The van der Waals surface area contributed by atoms with Crippen molar-refractivity contribution in [2.24, 2.45) is 5.73 Å². The molecule has 1 amide bonds. The molecule has 0 bridgehead atoms. The molecule has 59 heteroatoms. The van der Waals surface area contributed by atoms with Crippen molar-refractivity contribution in [1.82, 2.24) is 5.32 Å². The molecule has 7 saturated heterocycles. The fourth-order valence-electron chi connectivity index (χ4n) is 16.9. The van der Waals surface area contributed by atoms with Crippen LogP contribution in [0.3, 0.4) is 0 Å². The second kappa shape index (κ2) is 55.7. The number of esters is 1. The van der Waals surface area contributed by atoms with Crippen molar-refractivity contribution < 1.29 is 266 Å². The Morgan fingerprint density at radius 3 is 1.40 bits per heavy atom. The van der Waals surface area contributed by atoms with E-state index in [1.165, 1.54) is 0 Å². The van der Waals surface area contributed by atoms with Crippen LogP contribution in [-0.2, 0) is 99.1 Å². The maximum absolute atomic E-state index is 14.7. The maximum Gasteiger partial charge on any atom is 0.567 e. The minimum atomic E-state index is -5.98. The lowest BCUT2D eigenvalue weighted by atomic mass is 9.89. The van der Waals surface area contributed by atoms with Crippen molar-refractivity contribution in [3.8, 4) is 0 Å². The number of hydrogen-bond donors (Lipinski definition) is 35. The van der Waals surface area contributed by atoms with Gasteiger partial charge in [-0.25, -0.2) is 9.59 Å². The Kier molecular flexibility index (Phi) is 49.2. The van der Waals surface area contributed by atoms with E-state index in [1.54, 1.807) is 0 Å². The van der Waals surface area contributed by atoms with Gasteiger partial charge in [0.1, 0.15) is 146 Å². The van der Waals surface area contributed by atoms with E-state index >= 15 is 0 Å². The van der Waals surface area contributed by atoms with Crippen molar-refractivity contribution in [2.75, 3.05) is 46.2 Å². The molecule has 0 aromatic heterocycles. The van der Waals surface area contributed by atoms with Crippen LogP contribution >= 0.6 is 24.5 Å². The molecule has 56 nitrogen and oxygen atoms in total. The summed E-state index contributed by atoms with van der Waals surface area (Å²) < 4.78 is 97.4. The number of unbranched alkanes of at least 4 members (excludes halogenated alkanes) is 16. The van der Waals surface area contributed by atoms with Gasteiger partial charge in [0.05, 0.1) is 89.5 Å². The molecule has 36 N–H and O–H groups in total. The van der Waals surface area contributed by atoms with Gasteiger partial charge in [0.2, 0.25) is 5.91 Å². The quantitative estimate of drug-likeness (QED) is 0.0153. The number of nitrogens with one attached hydrogen (secondary N) is 1. The van der Waals surface area contributed by atoms with Crippen molar-refractivity contribution in [2.45, 2.75) is 412 Å². The van der Waals surface area contributed by atoms with E-state index < -0.39 is 365 Å². The fraction of sp³-hybridized carbons (Fsp3) is 0.948. The molecule has 7 heterocycles. The Hall–Kier alpha value is -2.75. The zero-order chi connectivity index (χ0) is 101. The SMILES string of the molecule is CCCCCCCCCCC[C@@H](O)CC(=O)N[C@H]1[C@H](OC[C@H]2O[C@H](O)[C@H](N)[C@@H](O)[C@@H]2O)O[C@H](CO[C@]2(C(=O)O)C[C@@H](O[C@]3(C(=O)O)C[C@@H](O)[C@@H](O)[C@@H]([C@H](O)CO)O3)[C@@H](O[C@H]3O[C@H]([C@@H](O)CO)[C@@H](O[P+](O)(O)O)[C@H](O[C@H]4O[C@H]([C@@H](O)CO[C@H]5O[C@H]([C@@H](O)CO)[C@@H](O)[C@H](O)[C@@H]5O)[C@@H](O[P+](O)(O)O)[C@H](O)[C@@H]4O)[C@@H]3O)[C@@H]([C@H](O)CO)O2)[C@@H](O[P+](O)(O)O)[C@@H]1OC(=O)C[C@H](O)CCCCCCCCCCC. The van der Waals surface area contributed by atoms with Gasteiger partial charge in [-0.05, 0) is 12.8 Å². The predicted octanol–water partition coefficient (Wildman–Crippen LogP) is -11.5. The number of rotatable bonds is 58. The van der Waals surface area contributed by atoms with E-state index in [0.717, 1.165) is 89.9 Å². The highest BCUT2D eigenvalue weighted by molar-refractivity contribution is 7.53. The molecule has 7 fully saturated rings. The molecule has 0 aromatic rings. The molecule has 136 heavy (non-hydrogen) atoms. The first-order chi connectivity index (χ1) is 63.8. The zero-order valence-electron chi connectivity index (χ0n) is 74.6. The number of carboxylic acids is 2. The monoisotopic (exact) mass is 2050 g/mol. The molecule has 0 spiro atoms. The van der Waals surface area contributed by atoms with Crippen LogP contribution in [-0.4, -0.2) is 481 Å². The second-order valence-corrected chi connectivity index (χ2v) is 38.6. The van der Waals surface area contributed by atoms with Crippen LogP contribution in [0.4, 0.5) is 0 Å². The molecule has 7 rings (SSSR count). The highest BCUT2D eigenvalue weighted by atomic mass is 31.2. The summed E-state index contributed by atoms with van der Waals surface area (Å²) >= 11 is 0.